The molecule has 0 amide bonds. The molecule has 6 heteroatoms. The first-order valence-electron chi connectivity index (χ1n) is 5.33. The molecule has 2 heterocycles. The molecule has 1 aromatic heterocycles. The molecule has 1 unspecified atom stereocenters. The van der Waals surface area contributed by atoms with Gasteiger partial charge < -0.3 is 14.6 Å². The molecule has 1 N–H and O–H groups in total. The fourth-order valence-electron chi connectivity index (χ4n) is 1.80. The first-order chi connectivity index (χ1) is 7.68. The largest absolute Gasteiger partial charge is 0.381 e. The predicted molar refractivity (Wildman–Crippen MR) is 63.9 cm³/mol. The molecule has 1 aliphatic heterocycles. The molecule has 0 aromatic carbocycles. The summed E-state index contributed by atoms with van der Waals surface area (Å²) < 4.78 is 7.10. The molecule has 4 nitrogen and oxygen atoms in total. The number of rotatable bonds is 4. The lowest BCUT2D eigenvalue weighted by atomic mass is 10.1. The average molecular weight is 264 g/mol. The maximum atomic E-state index is 5.96. The highest BCUT2D eigenvalue weighted by atomic mass is 35.5. The van der Waals surface area contributed by atoms with Crippen molar-refractivity contribution in [3.8, 4) is 0 Å². The monoisotopic (exact) mass is 263 g/mol. The van der Waals surface area contributed by atoms with Crippen LogP contribution >= 0.6 is 23.2 Å². The van der Waals surface area contributed by atoms with E-state index in [0.717, 1.165) is 31.9 Å². The zero-order valence-corrected chi connectivity index (χ0v) is 10.7. The van der Waals surface area contributed by atoms with E-state index in [1.807, 2.05) is 7.05 Å². The third-order valence-electron chi connectivity index (χ3n) is 2.86. The van der Waals surface area contributed by atoms with Crippen molar-refractivity contribution in [1.29, 1.82) is 0 Å². The zero-order chi connectivity index (χ0) is 11.5. The van der Waals surface area contributed by atoms with E-state index in [1.165, 1.54) is 0 Å². The van der Waals surface area contributed by atoms with Gasteiger partial charge in [0.1, 0.15) is 0 Å². The highest BCUT2D eigenvalue weighted by Crippen LogP contribution is 2.19. The Labute approximate surface area is 105 Å². The number of halogens is 2. The maximum Gasteiger partial charge on any atom is 0.204 e. The first kappa shape index (κ1) is 12.2. The smallest absolute Gasteiger partial charge is 0.204 e. The summed E-state index contributed by atoms with van der Waals surface area (Å²) >= 11 is 11.8. The van der Waals surface area contributed by atoms with E-state index in [-0.39, 0.29) is 0 Å². The Morgan fingerprint density at radius 1 is 1.56 bits per heavy atom. The summed E-state index contributed by atoms with van der Waals surface area (Å²) in [6, 6.07) is 0. The third kappa shape index (κ3) is 2.69. The fraction of sp³-hybridized carbons (Fsp3) is 0.700. The van der Waals surface area contributed by atoms with Crippen LogP contribution in [0.4, 0.5) is 0 Å². The molecule has 0 radical (unpaired) electrons. The van der Waals surface area contributed by atoms with Gasteiger partial charge in [0.05, 0.1) is 12.3 Å². The molecular formula is C10H15Cl2N3O. The van der Waals surface area contributed by atoms with Crippen molar-refractivity contribution in [2.45, 2.75) is 13.0 Å². The summed E-state index contributed by atoms with van der Waals surface area (Å²) in [6.07, 6.45) is 1.13. The minimum Gasteiger partial charge on any atom is -0.381 e. The van der Waals surface area contributed by atoms with Crippen LogP contribution in [0.25, 0.3) is 0 Å². The second-order valence-corrected chi connectivity index (χ2v) is 4.73. The number of ether oxygens (including phenoxy) is 1. The molecule has 2 rings (SSSR count). The summed E-state index contributed by atoms with van der Waals surface area (Å²) in [5.41, 5.74) is 0.922. The second-order valence-electron chi connectivity index (χ2n) is 4.04. The molecule has 1 saturated heterocycles. The first-order valence-corrected chi connectivity index (χ1v) is 6.09. The van der Waals surface area contributed by atoms with Crippen molar-refractivity contribution < 1.29 is 4.74 Å². The molecule has 0 aliphatic carbocycles. The van der Waals surface area contributed by atoms with Crippen molar-refractivity contribution in [2.75, 3.05) is 19.8 Å². The molecule has 1 aliphatic rings. The van der Waals surface area contributed by atoms with Crippen LogP contribution in [-0.2, 0) is 18.3 Å². The molecule has 16 heavy (non-hydrogen) atoms. The standard InChI is InChI=1S/C10H15Cl2N3O/c1-15-8(9(11)14-10(15)12)5-13-4-7-2-3-16-6-7/h7,13H,2-6H2,1H3. The van der Waals surface area contributed by atoms with Crippen LogP contribution in [0.2, 0.25) is 10.4 Å². The Balaban J connectivity index is 1.84. The summed E-state index contributed by atoms with van der Waals surface area (Å²) in [7, 11) is 1.86. The number of aromatic nitrogens is 2. The zero-order valence-electron chi connectivity index (χ0n) is 9.17. The Morgan fingerprint density at radius 3 is 2.94 bits per heavy atom. The second kappa shape index (κ2) is 5.36. The lowest BCUT2D eigenvalue weighted by Gasteiger charge is -2.09. The van der Waals surface area contributed by atoms with Gasteiger partial charge in [-0.3, -0.25) is 0 Å². The number of hydrogen-bond acceptors (Lipinski definition) is 3. The van der Waals surface area contributed by atoms with Crippen LogP contribution in [0.5, 0.6) is 0 Å². The molecule has 0 saturated carbocycles. The van der Waals surface area contributed by atoms with Gasteiger partial charge in [-0.2, -0.15) is 0 Å². The minimum atomic E-state index is 0.422. The quantitative estimate of drug-likeness (QED) is 0.902. The van der Waals surface area contributed by atoms with Crippen molar-refractivity contribution in [3.05, 3.63) is 16.1 Å². The molecular weight excluding hydrogens is 249 g/mol. The average Bonchev–Trinajstić information content (AvgIpc) is 2.82. The molecule has 0 bridgehead atoms. The number of hydrogen-bond donors (Lipinski definition) is 1. The number of imidazole rings is 1. The maximum absolute atomic E-state index is 5.96. The van der Waals surface area contributed by atoms with E-state index in [2.05, 4.69) is 10.3 Å². The third-order valence-corrected chi connectivity index (χ3v) is 3.50. The topological polar surface area (TPSA) is 39.1 Å². The molecule has 0 spiro atoms. The van der Waals surface area contributed by atoms with Crippen LogP contribution in [-0.4, -0.2) is 29.3 Å². The Kier molecular flexibility index (Phi) is 4.08. The van der Waals surface area contributed by atoms with Crippen LogP contribution in [0.1, 0.15) is 12.1 Å². The number of nitrogens with zero attached hydrogens (tertiary/aromatic N) is 2. The Hall–Kier alpha value is -0.290. The van der Waals surface area contributed by atoms with Crippen molar-refractivity contribution in [3.63, 3.8) is 0 Å². The van der Waals surface area contributed by atoms with E-state index in [1.54, 1.807) is 4.57 Å². The summed E-state index contributed by atoms with van der Waals surface area (Å²) in [6.45, 7) is 3.36. The van der Waals surface area contributed by atoms with Gasteiger partial charge in [-0.25, -0.2) is 4.98 Å². The summed E-state index contributed by atoms with van der Waals surface area (Å²) in [4.78, 5) is 3.99. The molecule has 90 valence electrons. The van der Waals surface area contributed by atoms with Gasteiger partial charge in [-0.1, -0.05) is 11.6 Å². The highest BCUT2D eigenvalue weighted by molar-refractivity contribution is 6.32. The lowest BCUT2D eigenvalue weighted by Crippen LogP contribution is -2.23. The molecule has 1 atom stereocenters. The summed E-state index contributed by atoms with van der Waals surface area (Å²) in [5, 5.41) is 4.25. The van der Waals surface area contributed by atoms with Crippen molar-refractivity contribution >= 4 is 23.2 Å². The van der Waals surface area contributed by atoms with Crippen molar-refractivity contribution in [2.24, 2.45) is 13.0 Å². The highest BCUT2D eigenvalue weighted by Gasteiger charge is 2.16. The van der Waals surface area contributed by atoms with Crippen LogP contribution in [0.3, 0.4) is 0 Å². The van der Waals surface area contributed by atoms with Crippen LogP contribution < -0.4 is 5.32 Å². The predicted octanol–water partition coefficient (Wildman–Crippen LogP) is 1.85. The van der Waals surface area contributed by atoms with E-state index in [0.29, 0.717) is 22.9 Å². The lowest BCUT2D eigenvalue weighted by molar-refractivity contribution is 0.185. The molecule has 1 fully saturated rings. The normalized spacial score (nSPS) is 20.6. The van der Waals surface area contributed by atoms with Gasteiger partial charge >= 0.3 is 0 Å². The van der Waals surface area contributed by atoms with Gasteiger partial charge in [0.2, 0.25) is 5.28 Å². The Morgan fingerprint density at radius 2 is 2.38 bits per heavy atom. The minimum absolute atomic E-state index is 0.422. The summed E-state index contributed by atoms with van der Waals surface area (Å²) in [5.74, 6) is 0.613. The molecule has 1 aromatic rings. The van der Waals surface area contributed by atoms with Gasteiger partial charge in [0, 0.05) is 26.7 Å². The van der Waals surface area contributed by atoms with Gasteiger partial charge in [0.15, 0.2) is 5.15 Å². The van der Waals surface area contributed by atoms with E-state index < -0.39 is 0 Å². The fourth-order valence-corrected chi connectivity index (χ4v) is 2.30. The van der Waals surface area contributed by atoms with E-state index in [9.17, 15) is 0 Å². The van der Waals surface area contributed by atoms with Gasteiger partial charge in [-0.05, 0) is 23.9 Å². The van der Waals surface area contributed by atoms with Gasteiger partial charge in [0.25, 0.3) is 0 Å². The van der Waals surface area contributed by atoms with Crippen LogP contribution in [0.15, 0.2) is 0 Å². The van der Waals surface area contributed by atoms with Crippen molar-refractivity contribution in [1.82, 2.24) is 14.9 Å². The van der Waals surface area contributed by atoms with Gasteiger partial charge in [-0.15, -0.1) is 0 Å². The SMILES string of the molecule is Cn1c(Cl)nc(Cl)c1CNCC1CCOC1. The Bertz CT molecular complexity index is 361. The number of nitrogens with one attached hydrogen (secondary N) is 1. The van der Waals surface area contributed by atoms with Crippen LogP contribution in [0, 0.1) is 5.92 Å². The van der Waals surface area contributed by atoms with E-state index >= 15 is 0 Å². The van der Waals surface area contributed by atoms with E-state index in [4.69, 9.17) is 27.9 Å².